The van der Waals surface area contributed by atoms with Crippen molar-refractivity contribution in [2.24, 2.45) is 0 Å². The molecule has 1 aliphatic rings. The fourth-order valence-electron chi connectivity index (χ4n) is 2.84. The molecular formula is C18H24N6O. The number of hydrogen-bond donors (Lipinski definition) is 1. The second-order valence-electron chi connectivity index (χ2n) is 6.08. The van der Waals surface area contributed by atoms with Gasteiger partial charge in [0, 0.05) is 44.1 Å². The lowest BCUT2D eigenvalue weighted by Crippen LogP contribution is -2.49. The predicted octanol–water partition coefficient (Wildman–Crippen LogP) is 0.872. The zero-order valence-electron chi connectivity index (χ0n) is 14.6. The molecule has 1 saturated heterocycles. The van der Waals surface area contributed by atoms with E-state index in [1.54, 1.807) is 12.5 Å². The highest BCUT2D eigenvalue weighted by molar-refractivity contribution is 5.78. The summed E-state index contributed by atoms with van der Waals surface area (Å²) < 4.78 is 0. The largest absolute Gasteiger partial charge is 0.354 e. The Hall–Kier alpha value is -2.54. The third-order valence-corrected chi connectivity index (χ3v) is 4.33. The van der Waals surface area contributed by atoms with Crippen molar-refractivity contribution in [3.05, 3.63) is 48.2 Å². The van der Waals surface area contributed by atoms with Gasteiger partial charge in [0.05, 0.1) is 18.8 Å². The van der Waals surface area contributed by atoms with Crippen LogP contribution in [-0.2, 0) is 17.8 Å². The molecule has 7 heteroatoms. The van der Waals surface area contributed by atoms with Crippen LogP contribution in [0.1, 0.15) is 18.3 Å². The second kappa shape index (κ2) is 8.53. The highest BCUT2D eigenvalue weighted by Gasteiger charge is 2.20. The second-order valence-corrected chi connectivity index (χ2v) is 6.08. The van der Waals surface area contributed by atoms with Crippen molar-refractivity contribution in [3.63, 3.8) is 0 Å². The summed E-state index contributed by atoms with van der Waals surface area (Å²) in [6.45, 7) is 6.42. The number of nitrogens with zero attached hydrogens (tertiary/aromatic N) is 5. The Morgan fingerprint density at radius 3 is 2.68 bits per heavy atom. The number of piperazine rings is 1. The number of anilines is 1. The summed E-state index contributed by atoms with van der Waals surface area (Å²) >= 11 is 0. The Bertz CT molecular complexity index is 685. The summed E-state index contributed by atoms with van der Waals surface area (Å²) in [6.07, 6.45) is 4.27. The Morgan fingerprint density at radius 2 is 1.96 bits per heavy atom. The molecular weight excluding hydrogens is 316 g/mol. The normalized spacial score (nSPS) is 15.2. The fourth-order valence-corrected chi connectivity index (χ4v) is 2.84. The molecule has 1 fully saturated rings. The molecule has 0 saturated carbocycles. The van der Waals surface area contributed by atoms with Crippen molar-refractivity contribution in [1.82, 2.24) is 25.2 Å². The van der Waals surface area contributed by atoms with Crippen LogP contribution in [0.25, 0.3) is 0 Å². The van der Waals surface area contributed by atoms with Gasteiger partial charge in [-0.1, -0.05) is 13.0 Å². The Balaban J connectivity index is 1.43. The summed E-state index contributed by atoms with van der Waals surface area (Å²) in [7, 11) is 0. The summed E-state index contributed by atoms with van der Waals surface area (Å²) in [5.74, 6) is 1.01. The van der Waals surface area contributed by atoms with E-state index in [2.05, 4.69) is 43.1 Å². The van der Waals surface area contributed by atoms with Crippen LogP contribution < -0.4 is 10.2 Å². The van der Waals surface area contributed by atoms with E-state index in [1.165, 1.54) is 0 Å². The number of hydrogen-bond acceptors (Lipinski definition) is 6. The Kier molecular flexibility index (Phi) is 5.90. The molecule has 7 nitrogen and oxygen atoms in total. The molecule has 2 aromatic heterocycles. The van der Waals surface area contributed by atoms with E-state index in [0.29, 0.717) is 13.1 Å². The molecule has 3 rings (SSSR count). The van der Waals surface area contributed by atoms with Gasteiger partial charge in [-0.2, -0.15) is 0 Å². The minimum atomic E-state index is 0.0365. The van der Waals surface area contributed by atoms with E-state index in [-0.39, 0.29) is 5.91 Å². The first-order chi connectivity index (χ1) is 12.2. The summed E-state index contributed by atoms with van der Waals surface area (Å²) in [5, 5.41) is 2.93. The van der Waals surface area contributed by atoms with Crippen LogP contribution in [0.2, 0.25) is 0 Å². The van der Waals surface area contributed by atoms with Crippen molar-refractivity contribution in [2.45, 2.75) is 19.9 Å². The lowest BCUT2D eigenvalue weighted by Gasteiger charge is -2.35. The first-order valence-electron chi connectivity index (χ1n) is 8.69. The van der Waals surface area contributed by atoms with Crippen LogP contribution in [0.15, 0.2) is 36.8 Å². The number of carbonyl (C=O) groups excluding carboxylic acids is 1. The van der Waals surface area contributed by atoms with Crippen molar-refractivity contribution >= 4 is 11.7 Å². The molecule has 0 aromatic carbocycles. The third-order valence-electron chi connectivity index (χ3n) is 4.33. The zero-order chi connectivity index (χ0) is 17.5. The van der Waals surface area contributed by atoms with E-state index >= 15 is 0 Å². The topological polar surface area (TPSA) is 74.2 Å². The summed E-state index contributed by atoms with van der Waals surface area (Å²) in [6, 6.07) is 7.75. The highest BCUT2D eigenvalue weighted by atomic mass is 16.2. The number of amides is 1. The number of carbonyl (C=O) groups is 1. The molecule has 25 heavy (non-hydrogen) atoms. The van der Waals surface area contributed by atoms with E-state index in [4.69, 9.17) is 0 Å². The lowest BCUT2D eigenvalue weighted by atomic mass is 10.2. The molecule has 132 valence electrons. The maximum absolute atomic E-state index is 12.1. The highest BCUT2D eigenvalue weighted by Crippen LogP contribution is 2.14. The molecule has 3 heterocycles. The van der Waals surface area contributed by atoms with Crippen LogP contribution in [0.3, 0.4) is 0 Å². The van der Waals surface area contributed by atoms with Gasteiger partial charge >= 0.3 is 0 Å². The van der Waals surface area contributed by atoms with Gasteiger partial charge < -0.3 is 10.2 Å². The SMILES string of the molecule is CCc1cc(N2CCN(CC(=O)NCc3ccccn3)CC2)ncn1. The maximum Gasteiger partial charge on any atom is 0.234 e. The van der Waals surface area contributed by atoms with Gasteiger partial charge in [-0.3, -0.25) is 14.7 Å². The predicted molar refractivity (Wildman–Crippen MR) is 96.1 cm³/mol. The fraction of sp³-hybridized carbons (Fsp3) is 0.444. The standard InChI is InChI=1S/C18H24N6O/c1-2-15-11-17(22-14-21-15)24-9-7-23(8-10-24)13-18(25)20-12-16-5-3-4-6-19-16/h3-6,11,14H,2,7-10,12-13H2,1H3,(H,20,25). The monoisotopic (exact) mass is 340 g/mol. The van der Waals surface area contributed by atoms with Gasteiger partial charge in [-0.05, 0) is 18.6 Å². The Labute approximate surface area is 148 Å². The molecule has 2 aromatic rings. The number of pyridine rings is 1. The average molecular weight is 340 g/mol. The summed E-state index contributed by atoms with van der Waals surface area (Å²) in [5.41, 5.74) is 1.93. The van der Waals surface area contributed by atoms with Crippen LogP contribution >= 0.6 is 0 Å². The Morgan fingerprint density at radius 1 is 1.12 bits per heavy atom. The van der Waals surface area contributed by atoms with Crippen molar-refractivity contribution in [1.29, 1.82) is 0 Å². The molecule has 1 aliphatic heterocycles. The van der Waals surface area contributed by atoms with Crippen molar-refractivity contribution in [2.75, 3.05) is 37.6 Å². The molecule has 0 bridgehead atoms. The molecule has 0 spiro atoms. The summed E-state index contributed by atoms with van der Waals surface area (Å²) in [4.78, 5) is 29.4. The molecule has 0 aliphatic carbocycles. The van der Waals surface area contributed by atoms with E-state index < -0.39 is 0 Å². The van der Waals surface area contributed by atoms with Gasteiger partial charge in [0.15, 0.2) is 0 Å². The molecule has 0 unspecified atom stereocenters. The number of rotatable bonds is 6. The van der Waals surface area contributed by atoms with Crippen molar-refractivity contribution < 1.29 is 4.79 Å². The lowest BCUT2D eigenvalue weighted by molar-refractivity contribution is -0.122. The average Bonchev–Trinajstić information content (AvgIpc) is 2.68. The number of aromatic nitrogens is 3. The first-order valence-corrected chi connectivity index (χ1v) is 8.69. The van der Waals surface area contributed by atoms with Crippen LogP contribution in [0.5, 0.6) is 0 Å². The maximum atomic E-state index is 12.1. The quantitative estimate of drug-likeness (QED) is 0.841. The number of nitrogens with one attached hydrogen (secondary N) is 1. The van der Waals surface area contributed by atoms with E-state index in [0.717, 1.165) is 49.8 Å². The van der Waals surface area contributed by atoms with E-state index in [9.17, 15) is 4.79 Å². The molecule has 0 radical (unpaired) electrons. The van der Waals surface area contributed by atoms with Crippen LogP contribution in [0, 0.1) is 0 Å². The van der Waals surface area contributed by atoms with Crippen LogP contribution in [-0.4, -0.2) is 58.5 Å². The van der Waals surface area contributed by atoms with Crippen LogP contribution in [0.4, 0.5) is 5.82 Å². The smallest absolute Gasteiger partial charge is 0.234 e. The van der Waals surface area contributed by atoms with Crippen molar-refractivity contribution in [3.8, 4) is 0 Å². The van der Waals surface area contributed by atoms with Gasteiger partial charge in [0.1, 0.15) is 12.1 Å². The molecule has 1 N–H and O–H groups in total. The minimum Gasteiger partial charge on any atom is -0.354 e. The van der Waals surface area contributed by atoms with E-state index in [1.807, 2.05) is 18.2 Å². The minimum absolute atomic E-state index is 0.0365. The zero-order valence-corrected chi connectivity index (χ0v) is 14.6. The molecule has 1 amide bonds. The van der Waals surface area contributed by atoms with Gasteiger partial charge in [-0.25, -0.2) is 9.97 Å². The van der Waals surface area contributed by atoms with Gasteiger partial charge in [0.2, 0.25) is 5.91 Å². The first kappa shape index (κ1) is 17.3. The van der Waals surface area contributed by atoms with Gasteiger partial charge in [0.25, 0.3) is 0 Å². The third kappa shape index (κ3) is 4.96. The molecule has 0 atom stereocenters. The number of aryl methyl sites for hydroxylation is 1. The van der Waals surface area contributed by atoms with Gasteiger partial charge in [-0.15, -0.1) is 0 Å².